The Hall–Kier alpha value is -3.84. The van der Waals surface area contributed by atoms with Gasteiger partial charge >= 0.3 is 5.97 Å². The molecule has 1 N–H and O–H groups in total. The predicted molar refractivity (Wildman–Crippen MR) is 144 cm³/mol. The van der Waals surface area contributed by atoms with Crippen LogP contribution in [0, 0.1) is 5.82 Å². The molecule has 0 spiro atoms. The smallest absolute Gasteiger partial charge is 0.305 e. The van der Waals surface area contributed by atoms with E-state index in [1.807, 2.05) is 36.4 Å². The van der Waals surface area contributed by atoms with E-state index in [1.54, 1.807) is 6.07 Å². The zero-order valence-electron chi connectivity index (χ0n) is 21.5. The Labute approximate surface area is 217 Å². The van der Waals surface area contributed by atoms with Crippen molar-refractivity contribution in [3.63, 3.8) is 0 Å². The van der Waals surface area contributed by atoms with Gasteiger partial charge in [0.05, 0.1) is 18.5 Å². The van der Waals surface area contributed by atoms with Gasteiger partial charge in [0.1, 0.15) is 11.7 Å². The lowest BCUT2D eigenvalue weighted by molar-refractivity contribution is -0.140. The van der Waals surface area contributed by atoms with Crippen LogP contribution in [0.15, 0.2) is 71.7 Å². The highest BCUT2D eigenvalue weighted by Gasteiger charge is 2.35. The Morgan fingerprint density at radius 3 is 2.32 bits per heavy atom. The highest BCUT2D eigenvalue weighted by atomic mass is 19.1. The summed E-state index contributed by atoms with van der Waals surface area (Å²) in [5, 5.41) is 2.80. The fraction of sp³-hybridized carbons (Fsp3) is 0.300. The molecule has 0 bridgehead atoms. The van der Waals surface area contributed by atoms with Crippen LogP contribution in [0.1, 0.15) is 48.4 Å². The molecule has 7 heteroatoms. The van der Waals surface area contributed by atoms with Crippen molar-refractivity contribution in [3.05, 3.63) is 94.8 Å². The highest BCUT2D eigenvalue weighted by molar-refractivity contribution is 6.24. The molecule has 0 aliphatic carbocycles. The molecule has 0 radical (unpaired) electrons. The molecule has 1 unspecified atom stereocenters. The second-order valence-corrected chi connectivity index (χ2v) is 9.05. The minimum atomic E-state index is -0.674. The molecule has 192 valence electrons. The zero-order valence-corrected chi connectivity index (χ0v) is 21.5. The van der Waals surface area contributed by atoms with Gasteiger partial charge in [-0.2, -0.15) is 0 Å². The number of esters is 1. The minimum Gasteiger partial charge on any atom is -0.469 e. The number of ether oxygens (including phenoxy) is 1. The van der Waals surface area contributed by atoms with Crippen LogP contribution in [0.2, 0.25) is 0 Å². The highest BCUT2D eigenvalue weighted by Crippen LogP contribution is 2.36. The summed E-state index contributed by atoms with van der Waals surface area (Å²) in [5.74, 6) is -1.58. The quantitative estimate of drug-likeness (QED) is 0.289. The van der Waals surface area contributed by atoms with Gasteiger partial charge in [0, 0.05) is 18.7 Å². The molecule has 3 aromatic rings. The topological polar surface area (TPSA) is 71.0 Å². The van der Waals surface area contributed by atoms with Crippen molar-refractivity contribution in [2.75, 3.05) is 25.5 Å². The van der Waals surface area contributed by atoms with Crippen LogP contribution in [0.25, 0.3) is 0 Å². The Morgan fingerprint density at radius 2 is 1.68 bits per heavy atom. The van der Waals surface area contributed by atoms with E-state index in [2.05, 4.69) is 36.2 Å². The maximum absolute atomic E-state index is 13.8. The van der Waals surface area contributed by atoms with Crippen LogP contribution in [0.4, 0.5) is 15.8 Å². The van der Waals surface area contributed by atoms with Crippen LogP contribution in [-0.4, -0.2) is 42.7 Å². The van der Waals surface area contributed by atoms with Gasteiger partial charge in [-0.05, 0) is 66.0 Å². The average Bonchev–Trinajstić information content (AvgIpc) is 3.24. The Balaban J connectivity index is 1.69. The average molecular weight is 502 g/mol. The molecular weight excluding hydrogens is 469 g/mol. The normalized spacial score (nSPS) is 15.0. The largest absolute Gasteiger partial charge is 0.469 e. The van der Waals surface area contributed by atoms with Crippen molar-refractivity contribution in [1.29, 1.82) is 0 Å². The van der Waals surface area contributed by atoms with Gasteiger partial charge in [0.15, 0.2) is 0 Å². The number of hydrogen-bond acceptors (Lipinski definition) is 5. The first-order valence-electron chi connectivity index (χ1n) is 12.6. The Morgan fingerprint density at radius 1 is 1.00 bits per heavy atom. The summed E-state index contributed by atoms with van der Waals surface area (Å²) in [5.41, 5.74) is 5.43. The van der Waals surface area contributed by atoms with E-state index in [-0.39, 0.29) is 11.9 Å². The molecule has 37 heavy (non-hydrogen) atoms. The molecule has 4 rings (SSSR count). The van der Waals surface area contributed by atoms with Crippen molar-refractivity contribution in [2.45, 2.75) is 39.2 Å². The van der Waals surface area contributed by atoms with Gasteiger partial charge in [-0.15, -0.1) is 0 Å². The molecular formula is C30H32FN3O3. The molecule has 0 fully saturated rings. The summed E-state index contributed by atoms with van der Waals surface area (Å²) >= 11 is 0. The van der Waals surface area contributed by atoms with Crippen molar-refractivity contribution in [3.8, 4) is 0 Å². The van der Waals surface area contributed by atoms with Gasteiger partial charge in [-0.25, -0.2) is 4.39 Å². The standard InChI is InChI=1S/C30H32FN3O3/c1-4-34(5-2)19-21-8-14-24(15-9-21)32-29(22-11-6-20(7-12-22)10-17-27(35)37-3)28-25-16-13-23(31)18-26(25)33-30(28)36/h6-9,11-16,18,28H,4-5,10,17,19H2,1-3H3,(H,33,36). The van der Waals surface area contributed by atoms with E-state index in [4.69, 9.17) is 9.73 Å². The molecule has 1 aliphatic rings. The first kappa shape index (κ1) is 26.2. The first-order valence-corrected chi connectivity index (χ1v) is 12.6. The summed E-state index contributed by atoms with van der Waals surface area (Å²) in [6.45, 7) is 7.11. The van der Waals surface area contributed by atoms with Crippen molar-refractivity contribution in [2.24, 2.45) is 4.99 Å². The van der Waals surface area contributed by atoms with Crippen LogP contribution in [-0.2, 0) is 27.3 Å². The number of rotatable bonds is 10. The van der Waals surface area contributed by atoms with Crippen molar-refractivity contribution >= 4 is 29.0 Å². The Kier molecular flexibility index (Phi) is 8.46. The van der Waals surface area contributed by atoms with Crippen molar-refractivity contribution < 1.29 is 18.7 Å². The second-order valence-electron chi connectivity index (χ2n) is 9.05. The fourth-order valence-corrected chi connectivity index (χ4v) is 4.51. The molecule has 1 atom stereocenters. The van der Waals surface area contributed by atoms with Crippen LogP contribution in [0.3, 0.4) is 0 Å². The number of amides is 1. The maximum Gasteiger partial charge on any atom is 0.305 e. The minimum absolute atomic E-state index is 0.243. The molecule has 6 nitrogen and oxygen atoms in total. The van der Waals surface area contributed by atoms with Gasteiger partial charge in [0.2, 0.25) is 5.91 Å². The van der Waals surface area contributed by atoms with E-state index >= 15 is 0 Å². The number of carbonyl (C=O) groups is 2. The lowest BCUT2D eigenvalue weighted by atomic mass is 9.90. The second kappa shape index (κ2) is 11.9. The number of methoxy groups -OCH3 is 1. The summed E-state index contributed by atoms with van der Waals surface area (Å²) < 4.78 is 18.6. The maximum atomic E-state index is 13.8. The van der Waals surface area contributed by atoms with E-state index in [9.17, 15) is 14.0 Å². The van der Waals surface area contributed by atoms with Gasteiger partial charge in [-0.1, -0.05) is 56.3 Å². The molecule has 0 aromatic heterocycles. The molecule has 0 saturated heterocycles. The number of hydrogen-bond donors (Lipinski definition) is 1. The lowest BCUT2D eigenvalue weighted by Crippen LogP contribution is -2.22. The summed E-state index contributed by atoms with van der Waals surface area (Å²) in [6.07, 6.45) is 0.847. The predicted octanol–water partition coefficient (Wildman–Crippen LogP) is 5.63. The summed E-state index contributed by atoms with van der Waals surface area (Å²) in [4.78, 5) is 31.9. The van der Waals surface area contributed by atoms with Crippen LogP contribution >= 0.6 is 0 Å². The number of aliphatic imine (C=N–C) groups is 1. The van der Waals surface area contributed by atoms with E-state index in [0.29, 0.717) is 29.8 Å². The zero-order chi connectivity index (χ0) is 26.4. The number of anilines is 1. The number of nitrogens with one attached hydrogen (secondary N) is 1. The molecule has 1 heterocycles. The molecule has 1 amide bonds. The number of nitrogens with zero attached hydrogens (tertiary/aromatic N) is 2. The van der Waals surface area contributed by atoms with Gasteiger partial charge in [0.25, 0.3) is 0 Å². The van der Waals surface area contributed by atoms with E-state index in [1.165, 1.54) is 24.8 Å². The number of benzene rings is 3. The third-order valence-electron chi connectivity index (χ3n) is 6.70. The van der Waals surface area contributed by atoms with Crippen LogP contribution < -0.4 is 5.32 Å². The molecule has 1 aliphatic heterocycles. The SMILES string of the molecule is CCN(CC)Cc1ccc(N=C(c2ccc(CCC(=O)OC)cc2)C2C(=O)Nc3cc(F)ccc32)cc1. The Bertz CT molecular complexity index is 1280. The molecule has 0 saturated carbocycles. The van der Waals surface area contributed by atoms with E-state index < -0.39 is 11.7 Å². The van der Waals surface area contributed by atoms with Gasteiger partial charge < -0.3 is 10.1 Å². The summed E-state index contributed by atoms with van der Waals surface area (Å²) in [6, 6.07) is 20.1. The summed E-state index contributed by atoms with van der Waals surface area (Å²) in [7, 11) is 1.38. The van der Waals surface area contributed by atoms with E-state index in [0.717, 1.165) is 36.4 Å². The number of halogens is 1. The fourth-order valence-electron chi connectivity index (χ4n) is 4.51. The number of fused-ring (bicyclic) bond motifs is 1. The lowest BCUT2D eigenvalue weighted by Gasteiger charge is -2.18. The monoisotopic (exact) mass is 501 g/mol. The van der Waals surface area contributed by atoms with Gasteiger partial charge in [-0.3, -0.25) is 19.5 Å². The molecule has 3 aromatic carbocycles. The van der Waals surface area contributed by atoms with Crippen molar-refractivity contribution in [1.82, 2.24) is 4.90 Å². The third kappa shape index (κ3) is 6.30. The number of aryl methyl sites for hydroxylation is 1. The third-order valence-corrected chi connectivity index (χ3v) is 6.70. The number of carbonyl (C=O) groups excluding carboxylic acids is 2. The first-order chi connectivity index (χ1) is 17.9. The van der Waals surface area contributed by atoms with Crippen LogP contribution in [0.5, 0.6) is 0 Å².